The van der Waals surface area contributed by atoms with E-state index in [-0.39, 0.29) is 16.8 Å². The number of methoxy groups -OCH3 is 1. The molecule has 1 aromatic carbocycles. The zero-order chi connectivity index (χ0) is 22.8. The fraction of sp³-hybridized carbons (Fsp3) is 0.400. The van der Waals surface area contributed by atoms with Gasteiger partial charge in [-0.05, 0) is 57.2 Å². The van der Waals surface area contributed by atoms with E-state index in [0.717, 1.165) is 0 Å². The Hall–Kier alpha value is -2.50. The van der Waals surface area contributed by atoms with E-state index in [0.29, 0.717) is 23.1 Å². The van der Waals surface area contributed by atoms with E-state index in [1.165, 1.54) is 28.8 Å². The zero-order valence-electron chi connectivity index (χ0n) is 17.7. The third kappa shape index (κ3) is 5.60. The van der Waals surface area contributed by atoms with Gasteiger partial charge in [-0.25, -0.2) is 13.1 Å². The van der Waals surface area contributed by atoms with Crippen LogP contribution >= 0.6 is 11.8 Å². The van der Waals surface area contributed by atoms with Crippen LogP contribution in [0, 0.1) is 0 Å². The molecule has 1 aliphatic rings. The maximum absolute atomic E-state index is 12.9. The van der Waals surface area contributed by atoms with Crippen molar-refractivity contribution in [3.05, 3.63) is 42.2 Å². The fourth-order valence-corrected chi connectivity index (χ4v) is 5.44. The summed E-state index contributed by atoms with van der Waals surface area (Å²) >= 11 is 1.43. The summed E-state index contributed by atoms with van der Waals surface area (Å²) in [5.74, 6) is 0.359. The second-order valence-corrected chi connectivity index (χ2v) is 10.6. The second-order valence-electron chi connectivity index (χ2n) is 7.98. The topological polar surface area (TPSA) is 118 Å². The first-order valence-electron chi connectivity index (χ1n) is 9.47. The quantitative estimate of drug-likeness (QED) is 0.670. The van der Waals surface area contributed by atoms with Crippen molar-refractivity contribution in [2.75, 3.05) is 24.1 Å². The van der Waals surface area contributed by atoms with Gasteiger partial charge in [-0.2, -0.15) is 0 Å². The number of carbonyl (C=O) groups is 2. The van der Waals surface area contributed by atoms with E-state index in [4.69, 9.17) is 9.15 Å². The highest BCUT2D eigenvalue weighted by Crippen LogP contribution is 2.26. The van der Waals surface area contributed by atoms with E-state index in [1.807, 2.05) is 0 Å². The number of amides is 2. The van der Waals surface area contributed by atoms with Crippen molar-refractivity contribution in [3.63, 3.8) is 0 Å². The number of furan rings is 1. The SMILES string of the molecule is COc1ccc(NC(=O)C2CSCN2C(=O)c2ccc(S(=O)(=O)NC(C)(C)C)o2)cc1. The molecule has 1 aromatic heterocycles. The summed E-state index contributed by atoms with van der Waals surface area (Å²) in [4.78, 5) is 27.1. The highest BCUT2D eigenvalue weighted by Gasteiger charge is 2.37. The molecule has 2 aromatic rings. The lowest BCUT2D eigenvalue weighted by Crippen LogP contribution is -2.44. The van der Waals surface area contributed by atoms with Gasteiger partial charge < -0.3 is 19.4 Å². The number of ether oxygens (including phenoxy) is 1. The lowest BCUT2D eigenvalue weighted by Gasteiger charge is -2.22. The van der Waals surface area contributed by atoms with Gasteiger partial charge in [-0.1, -0.05) is 0 Å². The Morgan fingerprint density at radius 3 is 2.45 bits per heavy atom. The third-order valence-electron chi connectivity index (χ3n) is 4.30. The first-order valence-corrected chi connectivity index (χ1v) is 12.1. The van der Waals surface area contributed by atoms with Crippen molar-refractivity contribution in [2.24, 2.45) is 0 Å². The van der Waals surface area contributed by atoms with Gasteiger partial charge in [-0.15, -0.1) is 11.8 Å². The lowest BCUT2D eigenvalue weighted by atomic mass is 10.1. The summed E-state index contributed by atoms with van der Waals surface area (Å²) in [6.45, 7) is 5.10. The van der Waals surface area contributed by atoms with Crippen molar-refractivity contribution in [2.45, 2.75) is 37.4 Å². The maximum Gasteiger partial charge on any atom is 0.291 e. The minimum Gasteiger partial charge on any atom is -0.497 e. The number of hydrogen-bond donors (Lipinski definition) is 2. The molecule has 0 radical (unpaired) electrons. The van der Waals surface area contributed by atoms with Crippen LogP contribution in [0.15, 0.2) is 45.9 Å². The molecule has 1 aliphatic heterocycles. The van der Waals surface area contributed by atoms with Crippen LogP contribution in [0.25, 0.3) is 0 Å². The molecule has 0 bridgehead atoms. The van der Waals surface area contributed by atoms with E-state index in [9.17, 15) is 18.0 Å². The molecule has 11 heteroatoms. The molecule has 168 valence electrons. The molecule has 0 spiro atoms. The smallest absolute Gasteiger partial charge is 0.291 e. The molecule has 2 heterocycles. The van der Waals surface area contributed by atoms with Crippen LogP contribution in [-0.2, 0) is 14.8 Å². The van der Waals surface area contributed by atoms with Gasteiger partial charge in [0.1, 0.15) is 11.8 Å². The van der Waals surface area contributed by atoms with Crippen LogP contribution in [0.1, 0.15) is 31.3 Å². The molecule has 1 atom stereocenters. The predicted octanol–water partition coefficient (Wildman–Crippen LogP) is 2.52. The Balaban J connectivity index is 1.72. The zero-order valence-corrected chi connectivity index (χ0v) is 19.3. The highest BCUT2D eigenvalue weighted by molar-refractivity contribution is 7.99. The first-order chi connectivity index (χ1) is 14.5. The highest BCUT2D eigenvalue weighted by atomic mass is 32.2. The lowest BCUT2D eigenvalue weighted by molar-refractivity contribution is -0.119. The van der Waals surface area contributed by atoms with Gasteiger partial charge in [0.05, 0.1) is 13.0 Å². The standard InChI is InChI=1S/C20H25N3O6S2/c1-20(2,3)22-31(26,27)17-10-9-16(29-17)19(25)23-12-30-11-15(23)18(24)21-13-5-7-14(28-4)8-6-13/h5-10,15,22H,11-12H2,1-4H3,(H,21,24). The van der Waals surface area contributed by atoms with Crippen LogP contribution in [0.2, 0.25) is 0 Å². The summed E-state index contributed by atoms with van der Waals surface area (Å²) in [5, 5.41) is 2.44. The van der Waals surface area contributed by atoms with Crippen LogP contribution in [0.4, 0.5) is 5.69 Å². The third-order valence-corrected chi connectivity index (χ3v) is 6.94. The summed E-state index contributed by atoms with van der Waals surface area (Å²) in [7, 11) is -2.36. The predicted molar refractivity (Wildman–Crippen MR) is 118 cm³/mol. The number of rotatable bonds is 6. The maximum atomic E-state index is 12.9. The second kappa shape index (κ2) is 8.93. The van der Waals surface area contributed by atoms with E-state index in [2.05, 4.69) is 10.0 Å². The van der Waals surface area contributed by atoms with Gasteiger partial charge in [0.15, 0.2) is 5.76 Å². The van der Waals surface area contributed by atoms with Crippen molar-refractivity contribution in [3.8, 4) is 5.75 Å². The number of carbonyl (C=O) groups excluding carboxylic acids is 2. The van der Waals surface area contributed by atoms with Gasteiger partial charge in [0.25, 0.3) is 15.9 Å². The largest absolute Gasteiger partial charge is 0.497 e. The molecule has 1 fully saturated rings. The van der Waals surface area contributed by atoms with Gasteiger partial charge >= 0.3 is 0 Å². The number of nitrogens with one attached hydrogen (secondary N) is 2. The number of thioether (sulfide) groups is 1. The van der Waals surface area contributed by atoms with Gasteiger partial charge in [-0.3, -0.25) is 9.59 Å². The summed E-state index contributed by atoms with van der Waals surface area (Å²) in [6.07, 6.45) is 0. The van der Waals surface area contributed by atoms with Crippen LogP contribution < -0.4 is 14.8 Å². The molecule has 0 aliphatic carbocycles. The number of anilines is 1. The molecule has 2 amide bonds. The fourth-order valence-electron chi connectivity index (χ4n) is 2.93. The van der Waals surface area contributed by atoms with Crippen LogP contribution in [-0.4, -0.2) is 55.5 Å². The minimum atomic E-state index is -3.91. The van der Waals surface area contributed by atoms with E-state index < -0.39 is 27.5 Å². The number of hydrogen-bond acceptors (Lipinski definition) is 7. The number of nitrogens with zero attached hydrogens (tertiary/aromatic N) is 1. The van der Waals surface area contributed by atoms with Crippen molar-refractivity contribution in [1.82, 2.24) is 9.62 Å². The summed E-state index contributed by atoms with van der Waals surface area (Å²) < 4.78 is 37.8. The van der Waals surface area contributed by atoms with Gasteiger partial charge in [0, 0.05) is 17.0 Å². The molecule has 0 saturated carbocycles. The average molecular weight is 468 g/mol. The molecule has 1 saturated heterocycles. The summed E-state index contributed by atoms with van der Waals surface area (Å²) in [5.41, 5.74) is -0.124. The average Bonchev–Trinajstić information content (AvgIpc) is 3.36. The first kappa shape index (κ1) is 23.2. The molecule has 9 nitrogen and oxygen atoms in total. The number of sulfonamides is 1. The van der Waals surface area contributed by atoms with Crippen LogP contribution in [0.3, 0.4) is 0 Å². The molecule has 2 N–H and O–H groups in total. The Kier molecular flexibility index (Phi) is 6.68. The Morgan fingerprint density at radius 2 is 1.84 bits per heavy atom. The molecule has 1 unspecified atom stereocenters. The molecular weight excluding hydrogens is 442 g/mol. The van der Waals surface area contributed by atoms with Gasteiger partial charge in [0.2, 0.25) is 11.0 Å². The Labute approximate surface area is 185 Å². The monoisotopic (exact) mass is 467 g/mol. The Morgan fingerprint density at radius 1 is 1.16 bits per heavy atom. The van der Waals surface area contributed by atoms with E-state index in [1.54, 1.807) is 52.1 Å². The van der Waals surface area contributed by atoms with Crippen molar-refractivity contribution in [1.29, 1.82) is 0 Å². The van der Waals surface area contributed by atoms with E-state index >= 15 is 0 Å². The summed E-state index contributed by atoms with van der Waals surface area (Å²) in [6, 6.07) is 8.68. The van der Waals surface area contributed by atoms with Crippen LogP contribution in [0.5, 0.6) is 5.75 Å². The Bertz CT molecular complexity index is 1060. The van der Waals surface area contributed by atoms with Crippen molar-refractivity contribution >= 4 is 39.3 Å². The molecule has 3 rings (SSSR count). The normalized spacial score (nSPS) is 16.9. The number of benzene rings is 1. The van der Waals surface area contributed by atoms with Crippen molar-refractivity contribution < 1.29 is 27.2 Å². The molecular formula is C20H25N3O6S2. The molecule has 31 heavy (non-hydrogen) atoms. The minimum absolute atomic E-state index is 0.140.